The van der Waals surface area contributed by atoms with Crippen LogP contribution in [0.25, 0.3) is 16.9 Å². The highest BCUT2D eigenvalue weighted by atomic mass is 19.1. The molecule has 1 aliphatic heterocycles. The zero-order valence-electron chi connectivity index (χ0n) is 17.2. The van der Waals surface area contributed by atoms with Gasteiger partial charge in [-0.15, -0.1) is 0 Å². The molecule has 3 aromatic rings. The van der Waals surface area contributed by atoms with Crippen molar-refractivity contribution in [1.82, 2.24) is 20.0 Å². The van der Waals surface area contributed by atoms with Crippen LogP contribution in [0.1, 0.15) is 24.0 Å². The van der Waals surface area contributed by atoms with Crippen LogP contribution in [0.5, 0.6) is 0 Å². The molecule has 4 rings (SSSR count). The quantitative estimate of drug-likeness (QED) is 0.674. The number of hydrogen-bond donors (Lipinski definition) is 1. The van der Waals surface area contributed by atoms with Gasteiger partial charge in [-0.3, -0.25) is 0 Å². The molecular weight excluding hydrogens is 363 g/mol. The van der Waals surface area contributed by atoms with Gasteiger partial charge in [-0.25, -0.2) is 9.07 Å². The first kappa shape index (κ1) is 19.8. The minimum atomic E-state index is -0.228. The molecule has 0 spiro atoms. The standard InChI is InChI=1S/C24H29FN4/c1-18-3-9-23(10-4-18)29-17-21(16-26-15-19-11-13-28(2)14-12-19)24(27-29)20-5-7-22(25)8-6-20/h3-10,17,19,26H,11-16H2,1-2H3. The average Bonchev–Trinajstić information content (AvgIpc) is 3.15. The Balaban J connectivity index is 1.53. The summed E-state index contributed by atoms with van der Waals surface area (Å²) in [6.45, 7) is 6.21. The summed E-state index contributed by atoms with van der Waals surface area (Å²) < 4.78 is 15.3. The number of hydrogen-bond acceptors (Lipinski definition) is 3. The van der Waals surface area contributed by atoms with Crippen molar-refractivity contribution in [3.05, 3.63) is 71.7 Å². The highest BCUT2D eigenvalue weighted by Gasteiger charge is 2.17. The second-order valence-electron chi connectivity index (χ2n) is 8.17. The molecule has 2 aromatic carbocycles. The molecule has 0 aliphatic carbocycles. The minimum Gasteiger partial charge on any atom is -0.312 e. The van der Waals surface area contributed by atoms with Crippen LogP contribution in [0.15, 0.2) is 54.7 Å². The summed E-state index contributed by atoms with van der Waals surface area (Å²) in [5.41, 5.74) is 5.22. The maximum absolute atomic E-state index is 13.4. The summed E-state index contributed by atoms with van der Waals surface area (Å²) >= 11 is 0. The fraction of sp³-hybridized carbons (Fsp3) is 0.375. The van der Waals surface area contributed by atoms with Crippen molar-refractivity contribution in [3.63, 3.8) is 0 Å². The number of aryl methyl sites for hydroxylation is 1. The van der Waals surface area contributed by atoms with Crippen LogP contribution in [-0.2, 0) is 6.54 Å². The second kappa shape index (κ2) is 8.89. The number of aromatic nitrogens is 2. The van der Waals surface area contributed by atoms with Gasteiger partial charge in [-0.05, 0) is 88.8 Å². The SMILES string of the molecule is Cc1ccc(-n2cc(CNCC3CCN(C)CC3)c(-c3ccc(F)cc3)n2)cc1. The van der Waals surface area contributed by atoms with Gasteiger partial charge in [0.1, 0.15) is 5.82 Å². The van der Waals surface area contributed by atoms with Crippen molar-refractivity contribution in [3.8, 4) is 16.9 Å². The average molecular weight is 393 g/mol. The Kier molecular flexibility index (Phi) is 6.07. The van der Waals surface area contributed by atoms with Crippen LogP contribution in [0.2, 0.25) is 0 Å². The van der Waals surface area contributed by atoms with E-state index in [0.29, 0.717) is 0 Å². The smallest absolute Gasteiger partial charge is 0.123 e. The molecule has 1 saturated heterocycles. The Bertz CT molecular complexity index is 923. The van der Waals surface area contributed by atoms with Crippen molar-refractivity contribution >= 4 is 0 Å². The molecule has 1 aliphatic rings. The lowest BCUT2D eigenvalue weighted by atomic mass is 9.97. The van der Waals surface area contributed by atoms with E-state index in [4.69, 9.17) is 5.10 Å². The lowest BCUT2D eigenvalue weighted by Crippen LogP contribution is -2.34. The van der Waals surface area contributed by atoms with E-state index in [0.717, 1.165) is 41.5 Å². The molecule has 1 fully saturated rings. The number of halogens is 1. The molecule has 0 radical (unpaired) electrons. The summed E-state index contributed by atoms with van der Waals surface area (Å²) in [6.07, 6.45) is 4.58. The Morgan fingerprint density at radius 2 is 1.72 bits per heavy atom. The zero-order valence-corrected chi connectivity index (χ0v) is 17.2. The number of likely N-dealkylation sites (tertiary alicyclic amines) is 1. The summed E-state index contributed by atoms with van der Waals surface area (Å²) in [4.78, 5) is 2.40. The Morgan fingerprint density at radius 3 is 2.41 bits per heavy atom. The summed E-state index contributed by atoms with van der Waals surface area (Å²) in [5.74, 6) is 0.501. The molecular formula is C24H29FN4. The van der Waals surface area contributed by atoms with E-state index in [2.05, 4.69) is 54.7 Å². The molecule has 1 aromatic heterocycles. The first-order chi connectivity index (χ1) is 14.1. The highest BCUT2D eigenvalue weighted by Crippen LogP contribution is 2.24. The van der Waals surface area contributed by atoms with Gasteiger partial charge in [0.2, 0.25) is 0 Å². The van der Waals surface area contributed by atoms with Crippen LogP contribution < -0.4 is 5.32 Å². The number of nitrogens with one attached hydrogen (secondary N) is 1. The number of piperidine rings is 1. The van der Waals surface area contributed by atoms with Gasteiger partial charge in [0.25, 0.3) is 0 Å². The summed E-state index contributed by atoms with van der Waals surface area (Å²) in [7, 11) is 2.19. The van der Waals surface area contributed by atoms with E-state index in [9.17, 15) is 4.39 Å². The Morgan fingerprint density at radius 1 is 1.03 bits per heavy atom. The normalized spacial score (nSPS) is 15.7. The molecule has 5 heteroatoms. The van der Waals surface area contributed by atoms with Crippen LogP contribution in [-0.4, -0.2) is 41.4 Å². The van der Waals surface area contributed by atoms with Crippen LogP contribution in [0.3, 0.4) is 0 Å². The molecule has 4 nitrogen and oxygen atoms in total. The van der Waals surface area contributed by atoms with E-state index in [1.54, 1.807) is 12.1 Å². The Labute approximate surface area is 172 Å². The van der Waals surface area contributed by atoms with Crippen LogP contribution in [0, 0.1) is 18.7 Å². The van der Waals surface area contributed by atoms with Gasteiger partial charge in [-0.2, -0.15) is 5.10 Å². The van der Waals surface area contributed by atoms with Crippen LogP contribution >= 0.6 is 0 Å². The monoisotopic (exact) mass is 392 g/mol. The van der Waals surface area contributed by atoms with Crippen molar-refractivity contribution in [2.45, 2.75) is 26.3 Å². The molecule has 152 valence electrons. The van der Waals surface area contributed by atoms with Gasteiger partial charge in [0, 0.05) is 23.9 Å². The Hall–Kier alpha value is -2.50. The lowest BCUT2D eigenvalue weighted by molar-refractivity contribution is 0.216. The third kappa shape index (κ3) is 4.92. The summed E-state index contributed by atoms with van der Waals surface area (Å²) in [5, 5.41) is 8.47. The number of rotatable bonds is 6. The fourth-order valence-corrected chi connectivity index (χ4v) is 3.90. The van der Waals surface area contributed by atoms with Gasteiger partial charge in [-0.1, -0.05) is 17.7 Å². The van der Waals surface area contributed by atoms with E-state index >= 15 is 0 Å². The molecule has 1 N–H and O–H groups in total. The van der Waals surface area contributed by atoms with E-state index < -0.39 is 0 Å². The number of benzene rings is 2. The molecule has 0 atom stereocenters. The topological polar surface area (TPSA) is 33.1 Å². The zero-order chi connectivity index (χ0) is 20.2. The van der Waals surface area contributed by atoms with Crippen molar-refractivity contribution in [2.75, 3.05) is 26.7 Å². The van der Waals surface area contributed by atoms with E-state index in [-0.39, 0.29) is 5.82 Å². The van der Waals surface area contributed by atoms with Crippen LogP contribution in [0.4, 0.5) is 4.39 Å². The van der Waals surface area contributed by atoms with Crippen molar-refractivity contribution in [1.29, 1.82) is 0 Å². The predicted molar refractivity (Wildman–Crippen MR) is 116 cm³/mol. The minimum absolute atomic E-state index is 0.228. The van der Waals surface area contributed by atoms with E-state index in [1.165, 1.54) is 43.6 Å². The molecule has 2 heterocycles. The van der Waals surface area contributed by atoms with Gasteiger partial charge in [0.05, 0.1) is 11.4 Å². The summed E-state index contributed by atoms with van der Waals surface area (Å²) in [6, 6.07) is 14.9. The lowest BCUT2D eigenvalue weighted by Gasteiger charge is -2.29. The maximum atomic E-state index is 13.4. The molecule has 29 heavy (non-hydrogen) atoms. The van der Waals surface area contributed by atoms with Gasteiger partial charge < -0.3 is 10.2 Å². The van der Waals surface area contributed by atoms with E-state index in [1.807, 2.05) is 4.68 Å². The molecule has 0 saturated carbocycles. The second-order valence-corrected chi connectivity index (χ2v) is 8.17. The third-order valence-corrected chi connectivity index (χ3v) is 5.79. The first-order valence-electron chi connectivity index (χ1n) is 10.4. The maximum Gasteiger partial charge on any atom is 0.123 e. The van der Waals surface area contributed by atoms with Gasteiger partial charge in [0.15, 0.2) is 0 Å². The van der Waals surface area contributed by atoms with Crippen molar-refractivity contribution < 1.29 is 4.39 Å². The predicted octanol–water partition coefficient (Wildman–Crippen LogP) is 4.42. The van der Waals surface area contributed by atoms with Crippen molar-refractivity contribution in [2.24, 2.45) is 5.92 Å². The third-order valence-electron chi connectivity index (χ3n) is 5.79. The molecule has 0 amide bonds. The fourth-order valence-electron chi connectivity index (χ4n) is 3.90. The highest BCUT2D eigenvalue weighted by molar-refractivity contribution is 5.63. The molecule has 0 unspecified atom stereocenters. The van der Waals surface area contributed by atoms with Gasteiger partial charge >= 0.3 is 0 Å². The molecule has 0 bridgehead atoms. The first-order valence-corrected chi connectivity index (χ1v) is 10.4. The largest absolute Gasteiger partial charge is 0.312 e. The number of nitrogens with zero attached hydrogens (tertiary/aromatic N) is 3.